The van der Waals surface area contributed by atoms with Crippen molar-refractivity contribution < 1.29 is 28.3 Å². The molecule has 19 heavy (non-hydrogen) atoms. The molecule has 0 aromatic carbocycles. The largest absolute Gasteiger partial charge is 0.396 e. The maximum Gasteiger partial charge on any atom is 0.366 e. The smallest absolute Gasteiger partial charge is 0.366 e. The van der Waals surface area contributed by atoms with Crippen LogP contribution in [-0.4, -0.2) is 43.2 Å². The molecule has 0 heterocycles. The normalized spacial score (nSPS) is 13.5. The Labute approximate surface area is 115 Å². The standard InChI is InChI=1S/C12H25O6P/c1-4-17-19(15,18-5-2)12(11(3)14)16-10-8-6-7-9-13/h12-13H,4-10H2,1-3H3. The lowest BCUT2D eigenvalue weighted by molar-refractivity contribution is -0.124. The summed E-state index contributed by atoms with van der Waals surface area (Å²) in [5, 5.41) is 8.65. The summed E-state index contributed by atoms with van der Waals surface area (Å²) < 4.78 is 28.1. The monoisotopic (exact) mass is 296 g/mol. The second kappa shape index (κ2) is 10.5. The molecule has 0 spiro atoms. The van der Waals surface area contributed by atoms with E-state index in [0.29, 0.717) is 12.8 Å². The second-order valence-corrected chi connectivity index (χ2v) is 6.06. The molecule has 6 nitrogen and oxygen atoms in total. The first-order chi connectivity index (χ1) is 9.01. The van der Waals surface area contributed by atoms with Crippen LogP contribution < -0.4 is 0 Å². The van der Waals surface area contributed by atoms with E-state index in [9.17, 15) is 9.36 Å². The molecule has 0 aliphatic carbocycles. The van der Waals surface area contributed by atoms with Crippen LogP contribution in [-0.2, 0) is 23.1 Å². The fraction of sp³-hybridized carbons (Fsp3) is 0.917. The predicted octanol–water partition coefficient (Wildman–Crippen LogP) is 2.35. The van der Waals surface area contributed by atoms with Crippen LogP contribution in [0, 0.1) is 0 Å². The Morgan fingerprint density at radius 3 is 2.16 bits per heavy atom. The average Bonchev–Trinajstić information content (AvgIpc) is 2.33. The third-order valence-electron chi connectivity index (χ3n) is 2.33. The molecule has 0 saturated heterocycles. The van der Waals surface area contributed by atoms with Crippen molar-refractivity contribution in [1.82, 2.24) is 0 Å². The van der Waals surface area contributed by atoms with E-state index in [1.807, 2.05) is 0 Å². The average molecular weight is 296 g/mol. The Kier molecular flexibility index (Phi) is 10.4. The van der Waals surface area contributed by atoms with Crippen LogP contribution in [0.15, 0.2) is 0 Å². The predicted molar refractivity (Wildman–Crippen MR) is 72.2 cm³/mol. The minimum Gasteiger partial charge on any atom is -0.396 e. The number of carbonyl (C=O) groups excluding carboxylic acids is 1. The molecule has 0 aliphatic heterocycles. The summed E-state index contributed by atoms with van der Waals surface area (Å²) >= 11 is 0. The lowest BCUT2D eigenvalue weighted by Crippen LogP contribution is -2.25. The van der Waals surface area contributed by atoms with Crippen LogP contribution in [0.2, 0.25) is 0 Å². The van der Waals surface area contributed by atoms with Crippen molar-refractivity contribution in [1.29, 1.82) is 0 Å². The fourth-order valence-corrected chi connectivity index (χ4v) is 3.35. The fourth-order valence-electron chi connectivity index (χ4n) is 1.55. The van der Waals surface area contributed by atoms with Gasteiger partial charge in [0.25, 0.3) is 0 Å². The first kappa shape index (κ1) is 18.7. The van der Waals surface area contributed by atoms with Gasteiger partial charge in [-0.05, 0) is 40.0 Å². The van der Waals surface area contributed by atoms with E-state index in [4.69, 9.17) is 18.9 Å². The SMILES string of the molecule is CCOP(=O)(OCC)C(OCCCCCO)C(C)=O. The number of carbonyl (C=O) groups is 1. The van der Waals surface area contributed by atoms with Crippen LogP contribution in [0.1, 0.15) is 40.0 Å². The van der Waals surface area contributed by atoms with Gasteiger partial charge in [0, 0.05) is 13.2 Å². The van der Waals surface area contributed by atoms with Crippen molar-refractivity contribution in [3.05, 3.63) is 0 Å². The molecule has 0 amide bonds. The molecular formula is C12H25O6P. The van der Waals surface area contributed by atoms with Gasteiger partial charge in [0.15, 0.2) is 5.78 Å². The van der Waals surface area contributed by atoms with Gasteiger partial charge in [0.2, 0.25) is 5.85 Å². The van der Waals surface area contributed by atoms with E-state index in [1.165, 1.54) is 6.92 Å². The molecule has 0 aromatic rings. The van der Waals surface area contributed by atoms with Gasteiger partial charge >= 0.3 is 7.60 Å². The highest BCUT2D eigenvalue weighted by molar-refractivity contribution is 7.55. The van der Waals surface area contributed by atoms with Gasteiger partial charge in [-0.1, -0.05) is 0 Å². The van der Waals surface area contributed by atoms with E-state index in [1.54, 1.807) is 13.8 Å². The topological polar surface area (TPSA) is 82.1 Å². The van der Waals surface area contributed by atoms with Crippen molar-refractivity contribution in [2.75, 3.05) is 26.4 Å². The van der Waals surface area contributed by atoms with Crippen molar-refractivity contribution in [2.45, 2.75) is 45.9 Å². The number of aliphatic hydroxyl groups is 1. The summed E-state index contributed by atoms with van der Waals surface area (Å²) in [4.78, 5) is 11.6. The van der Waals surface area contributed by atoms with E-state index in [0.717, 1.165) is 6.42 Å². The van der Waals surface area contributed by atoms with Gasteiger partial charge in [0.1, 0.15) is 0 Å². The van der Waals surface area contributed by atoms with Crippen molar-refractivity contribution >= 4 is 13.4 Å². The molecule has 7 heteroatoms. The van der Waals surface area contributed by atoms with Gasteiger partial charge in [-0.3, -0.25) is 9.36 Å². The van der Waals surface area contributed by atoms with Crippen molar-refractivity contribution in [2.24, 2.45) is 0 Å². The maximum absolute atomic E-state index is 12.4. The zero-order valence-electron chi connectivity index (χ0n) is 12.0. The zero-order chi connectivity index (χ0) is 14.7. The van der Waals surface area contributed by atoms with Gasteiger partial charge in [-0.2, -0.15) is 0 Å². The van der Waals surface area contributed by atoms with Crippen LogP contribution in [0.25, 0.3) is 0 Å². The van der Waals surface area contributed by atoms with Crippen LogP contribution in [0.3, 0.4) is 0 Å². The van der Waals surface area contributed by atoms with Gasteiger partial charge in [0.05, 0.1) is 13.2 Å². The minimum atomic E-state index is -3.56. The summed E-state index contributed by atoms with van der Waals surface area (Å²) in [7, 11) is -3.56. The number of unbranched alkanes of at least 4 members (excludes halogenated alkanes) is 2. The first-order valence-electron chi connectivity index (χ1n) is 6.63. The summed E-state index contributed by atoms with van der Waals surface area (Å²) in [5.74, 6) is -1.53. The number of ketones is 1. The number of hydrogen-bond donors (Lipinski definition) is 1. The van der Waals surface area contributed by atoms with Gasteiger partial charge < -0.3 is 18.9 Å². The molecule has 0 aliphatic rings. The Bertz CT molecular complexity index is 284. The number of aliphatic hydroxyl groups excluding tert-OH is 1. The number of hydrogen-bond acceptors (Lipinski definition) is 6. The van der Waals surface area contributed by atoms with Crippen LogP contribution in [0.5, 0.6) is 0 Å². The van der Waals surface area contributed by atoms with E-state index in [2.05, 4.69) is 0 Å². The molecule has 0 aromatic heterocycles. The molecule has 0 saturated carbocycles. The molecular weight excluding hydrogens is 271 g/mol. The Morgan fingerprint density at radius 2 is 1.74 bits per heavy atom. The Balaban J connectivity index is 4.50. The van der Waals surface area contributed by atoms with E-state index >= 15 is 0 Å². The van der Waals surface area contributed by atoms with Crippen molar-refractivity contribution in [3.8, 4) is 0 Å². The lowest BCUT2D eigenvalue weighted by atomic mass is 10.2. The number of rotatable bonds is 12. The molecule has 1 N–H and O–H groups in total. The molecule has 1 unspecified atom stereocenters. The van der Waals surface area contributed by atoms with Crippen LogP contribution in [0.4, 0.5) is 0 Å². The summed E-state index contributed by atoms with van der Waals surface area (Å²) in [6.07, 6.45) is 2.15. The van der Waals surface area contributed by atoms with Gasteiger partial charge in [-0.15, -0.1) is 0 Å². The Hall–Kier alpha value is -0.260. The first-order valence-corrected chi connectivity index (χ1v) is 8.24. The molecule has 114 valence electrons. The molecule has 0 radical (unpaired) electrons. The number of ether oxygens (including phenoxy) is 1. The second-order valence-electron chi connectivity index (χ2n) is 3.99. The molecule has 1 atom stereocenters. The maximum atomic E-state index is 12.4. The Morgan fingerprint density at radius 1 is 1.16 bits per heavy atom. The highest BCUT2D eigenvalue weighted by Gasteiger charge is 2.39. The zero-order valence-corrected chi connectivity index (χ0v) is 12.9. The number of Topliss-reactive ketones (excluding diaryl/α,β-unsaturated/α-hetero) is 1. The van der Waals surface area contributed by atoms with Crippen LogP contribution >= 0.6 is 7.60 Å². The van der Waals surface area contributed by atoms with E-state index in [-0.39, 0.29) is 32.2 Å². The molecule has 0 bridgehead atoms. The summed E-state index contributed by atoms with van der Waals surface area (Å²) in [6, 6.07) is 0. The summed E-state index contributed by atoms with van der Waals surface area (Å²) in [6.45, 7) is 5.47. The lowest BCUT2D eigenvalue weighted by Gasteiger charge is -2.24. The third kappa shape index (κ3) is 7.18. The highest BCUT2D eigenvalue weighted by Crippen LogP contribution is 2.53. The van der Waals surface area contributed by atoms with Gasteiger partial charge in [-0.25, -0.2) is 0 Å². The minimum absolute atomic E-state index is 0.131. The van der Waals surface area contributed by atoms with E-state index < -0.39 is 13.4 Å². The third-order valence-corrected chi connectivity index (χ3v) is 4.65. The van der Waals surface area contributed by atoms with Crippen molar-refractivity contribution in [3.63, 3.8) is 0 Å². The molecule has 0 fully saturated rings. The summed E-state index contributed by atoms with van der Waals surface area (Å²) in [5.41, 5.74) is 0. The highest BCUT2D eigenvalue weighted by atomic mass is 31.2. The quantitative estimate of drug-likeness (QED) is 0.440. The molecule has 0 rings (SSSR count).